The molecule has 0 bridgehead atoms. The van der Waals surface area contributed by atoms with Gasteiger partial charge in [0.15, 0.2) is 0 Å². The van der Waals surface area contributed by atoms with Gasteiger partial charge in [0.1, 0.15) is 0 Å². The van der Waals surface area contributed by atoms with E-state index in [1.54, 1.807) is 4.90 Å². The fraction of sp³-hybridized carbons (Fsp3) is 0.833. The summed E-state index contributed by atoms with van der Waals surface area (Å²) >= 11 is 0. The maximum Gasteiger partial charge on any atom is 0.241 e. The Morgan fingerprint density at radius 3 is 2.35 bits per heavy atom. The van der Waals surface area contributed by atoms with Crippen LogP contribution in [-0.2, 0) is 9.59 Å². The van der Waals surface area contributed by atoms with E-state index in [0.29, 0.717) is 6.54 Å². The van der Waals surface area contributed by atoms with Crippen molar-refractivity contribution in [3.63, 3.8) is 0 Å². The summed E-state index contributed by atoms with van der Waals surface area (Å²) in [7, 11) is 0. The average molecular weight is 241 g/mol. The number of nitrogens with zero attached hydrogens (tertiary/aromatic N) is 1. The van der Waals surface area contributed by atoms with Gasteiger partial charge in [-0.25, -0.2) is 0 Å². The van der Waals surface area contributed by atoms with Gasteiger partial charge >= 0.3 is 0 Å². The number of nitrogens with one attached hydrogen (secondary N) is 1. The van der Waals surface area contributed by atoms with Crippen LogP contribution in [0.15, 0.2) is 0 Å². The highest BCUT2D eigenvalue weighted by molar-refractivity contribution is 5.86. The molecule has 1 aliphatic rings. The van der Waals surface area contributed by atoms with Gasteiger partial charge in [0.05, 0.1) is 12.5 Å². The number of carbonyl (C=O) groups is 2. The van der Waals surface area contributed by atoms with Gasteiger partial charge in [-0.15, -0.1) is 0 Å². The Balaban J connectivity index is 2.33. The molecule has 1 unspecified atom stereocenters. The van der Waals surface area contributed by atoms with Crippen LogP contribution in [0.5, 0.6) is 0 Å². The lowest BCUT2D eigenvalue weighted by Crippen LogP contribution is -2.43. The first kappa shape index (κ1) is 14.0. The summed E-state index contributed by atoms with van der Waals surface area (Å²) in [6.45, 7) is 5.97. The smallest absolute Gasteiger partial charge is 0.241 e. The van der Waals surface area contributed by atoms with Crippen molar-refractivity contribution in [3.05, 3.63) is 0 Å². The third-order valence-electron chi connectivity index (χ3n) is 3.27. The van der Waals surface area contributed by atoms with Gasteiger partial charge in [-0.3, -0.25) is 9.59 Å². The fourth-order valence-corrected chi connectivity index (χ4v) is 2.05. The molecule has 5 nitrogen and oxygen atoms in total. The lowest BCUT2D eigenvalue weighted by Gasteiger charge is -2.20. The van der Waals surface area contributed by atoms with E-state index in [4.69, 9.17) is 5.73 Å². The van der Waals surface area contributed by atoms with E-state index < -0.39 is 0 Å². The Kier molecular flexibility index (Phi) is 5.41. The zero-order valence-corrected chi connectivity index (χ0v) is 10.7. The van der Waals surface area contributed by atoms with Gasteiger partial charge in [-0.05, 0) is 18.8 Å². The van der Waals surface area contributed by atoms with Crippen LogP contribution in [0.2, 0.25) is 0 Å². The van der Waals surface area contributed by atoms with E-state index in [0.717, 1.165) is 25.9 Å². The lowest BCUT2D eigenvalue weighted by molar-refractivity contribution is -0.133. The molecule has 1 aliphatic heterocycles. The van der Waals surface area contributed by atoms with Crippen molar-refractivity contribution in [2.24, 2.45) is 17.6 Å². The van der Waals surface area contributed by atoms with Crippen LogP contribution < -0.4 is 11.1 Å². The summed E-state index contributed by atoms with van der Waals surface area (Å²) in [6.07, 6.45) is 2.13. The molecule has 17 heavy (non-hydrogen) atoms. The molecule has 3 N–H and O–H groups in total. The van der Waals surface area contributed by atoms with Crippen LogP contribution in [0.4, 0.5) is 0 Å². The first-order chi connectivity index (χ1) is 8.06. The number of rotatable bonds is 5. The first-order valence-corrected chi connectivity index (χ1v) is 6.31. The average Bonchev–Trinajstić information content (AvgIpc) is 2.79. The molecule has 1 atom stereocenters. The second kappa shape index (κ2) is 6.59. The molecule has 1 rings (SSSR count). The van der Waals surface area contributed by atoms with Crippen LogP contribution in [0, 0.1) is 11.8 Å². The molecule has 5 heteroatoms. The van der Waals surface area contributed by atoms with Crippen LogP contribution in [0.25, 0.3) is 0 Å². The standard InChI is InChI=1S/C12H23N3O2/c1-9(2)10(7-13)12(17)14-8-11(16)15-5-3-4-6-15/h9-10H,3-8,13H2,1-2H3,(H,14,17). The second-order valence-electron chi connectivity index (χ2n) is 4.89. The van der Waals surface area contributed by atoms with Gasteiger partial charge in [0.25, 0.3) is 0 Å². The number of carbonyl (C=O) groups excluding carboxylic acids is 2. The van der Waals surface area contributed by atoms with Crippen LogP contribution in [0.3, 0.4) is 0 Å². The predicted octanol–water partition coefficient (Wildman–Crippen LogP) is -0.0441. The molecular weight excluding hydrogens is 218 g/mol. The number of amides is 2. The van der Waals surface area contributed by atoms with E-state index in [9.17, 15) is 9.59 Å². The minimum absolute atomic E-state index is 0.00961. The fourth-order valence-electron chi connectivity index (χ4n) is 2.05. The van der Waals surface area contributed by atoms with Crippen molar-refractivity contribution in [2.45, 2.75) is 26.7 Å². The van der Waals surface area contributed by atoms with E-state index >= 15 is 0 Å². The van der Waals surface area contributed by atoms with Gasteiger partial charge in [0, 0.05) is 19.6 Å². The molecule has 1 saturated heterocycles. The maximum absolute atomic E-state index is 11.8. The molecule has 0 aromatic heterocycles. The quantitative estimate of drug-likeness (QED) is 0.709. The number of nitrogens with two attached hydrogens (primary N) is 1. The van der Waals surface area contributed by atoms with E-state index in [1.807, 2.05) is 13.8 Å². The minimum Gasteiger partial charge on any atom is -0.347 e. The first-order valence-electron chi connectivity index (χ1n) is 6.31. The molecular formula is C12H23N3O2. The molecule has 0 radical (unpaired) electrons. The Morgan fingerprint density at radius 1 is 1.29 bits per heavy atom. The van der Waals surface area contributed by atoms with Crippen molar-refractivity contribution in [1.29, 1.82) is 0 Å². The molecule has 0 spiro atoms. The second-order valence-corrected chi connectivity index (χ2v) is 4.89. The SMILES string of the molecule is CC(C)C(CN)C(=O)NCC(=O)N1CCCC1. The van der Waals surface area contributed by atoms with E-state index in [2.05, 4.69) is 5.32 Å². The third kappa shape index (κ3) is 4.00. The molecule has 98 valence electrons. The number of hydrogen-bond acceptors (Lipinski definition) is 3. The normalized spacial score (nSPS) is 17.3. The van der Waals surface area contributed by atoms with Crippen LogP contribution in [-0.4, -0.2) is 42.9 Å². The topological polar surface area (TPSA) is 75.4 Å². The third-order valence-corrected chi connectivity index (χ3v) is 3.27. The van der Waals surface area contributed by atoms with Crippen molar-refractivity contribution in [1.82, 2.24) is 10.2 Å². The van der Waals surface area contributed by atoms with Crippen molar-refractivity contribution < 1.29 is 9.59 Å². The molecule has 0 saturated carbocycles. The van der Waals surface area contributed by atoms with Crippen molar-refractivity contribution in [2.75, 3.05) is 26.2 Å². The van der Waals surface area contributed by atoms with Crippen LogP contribution >= 0.6 is 0 Å². The summed E-state index contributed by atoms with van der Waals surface area (Å²) < 4.78 is 0. The molecule has 0 aromatic carbocycles. The van der Waals surface area contributed by atoms with Crippen molar-refractivity contribution in [3.8, 4) is 0 Å². The Morgan fingerprint density at radius 2 is 1.88 bits per heavy atom. The van der Waals surface area contributed by atoms with Gasteiger partial charge in [-0.2, -0.15) is 0 Å². The molecule has 0 aromatic rings. The highest BCUT2D eigenvalue weighted by Crippen LogP contribution is 2.09. The molecule has 1 fully saturated rings. The summed E-state index contributed by atoms with van der Waals surface area (Å²) in [4.78, 5) is 25.3. The zero-order chi connectivity index (χ0) is 12.8. The van der Waals surface area contributed by atoms with Gasteiger partial charge in [0.2, 0.25) is 11.8 Å². The number of hydrogen-bond donors (Lipinski definition) is 2. The van der Waals surface area contributed by atoms with Crippen LogP contribution in [0.1, 0.15) is 26.7 Å². The van der Waals surface area contributed by atoms with E-state index in [-0.39, 0.29) is 30.2 Å². The molecule has 1 heterocycles. The van der Waals surface area contributed by atoms with Gasteiger partial charge < -0.3 is 16.0 Å². The molecule has 0 aliphatic carbocycles. The largest absolute Gasteiger partial charge is 0.347 e. The summed E-state index contributed by atoms with van der Waals surface area (Å²) in [6, 6.07) is 0. The predicted molar refractivity (Wildman–Crippen MR) is 66.2 cm³/mol. The summed E-state index contributed by atoms with van der Waals surface area (Å²) in [5.74, 6) is -0.117. The monoisotopic (exact) mass is 241 g/mol. The number of likely N-dealkylation sites (tertiary alicyclic amines) is 1. The Bertz CT molecular complexity index is 273. The maximum atomic E-state index is 11.8. The lowest BCUT2D eigenvalue weighted by atomic mass is 9.95. The van der Waals surface area contributed by atoms with Gasteiger partial charge in [-0.1, -0.05) is 13.8 Å². The molecule has 2 amide bonds. The van der Waals surface area contributed by atoms with E-state index in [1.165, 1.54) is 0 Å². The highest BCUT2D eigenvalue weighted by Gasteiger charge is 2.22. The summed E-state index contributed by atoms with van der Waals surface area (Å²) in [5, 5.41) is 2.68. The zero-order valence-electron chi connectivity index (χ0n) is 10.7. The highest BCUT2D eigenvalue weighted by atomic mass is 16.2. The Labute approximate surface area is 103 Å². The minimum atomic E-state index is -0.207. The summed E-state index contributed by atoms with van der Waals surface area (Å²) in [5.41, 5.74) is 5.55. The Hall–Kier alpha value is -1.10. The van der Waals surface area contributed by atoms with Crippen molar-refractivity contribution >= 4 is 11.8 Å².